The van der Waals surface area contributed by atoms with E-state index in [0.717, 1.165) is 33.6 Å². The fraction of sp³-hybridized carbons (Fsp3) is 0.0612. The van der Waals surface area contributed by atoms with Crippen molar-refractivity contribution in [2.45, 2.75) is 19.3 Å². The summed E-state index contributed by atoms with van der Waals surface area (Å²) in [7, 11) is 0. The van der Waals surface area contributed by atoms with Crippen molar-refractivity contribution < 1.29 is 0 Å². The van der Waals surface area contributed by atoms with Crippen molar-refractivity contribution in [3.05, 3.63) is 193 Å². The van der Waals surface area contributed by atoms with E-state index in [1.54, 1.807) is 0 Å². The van der Waals surface area contributed by atoms with Crippen molar-refractivity contribution >= 4 is 0 Å². The Hall–Kier alpha value is -6.38. The highest BCUT2D eigenvalue weighted by molar-refractivity contribution is 5.86. The molecule has 0 atom stereocenters. The van der Waals surface area contributed by atoms with Gasteiger partial charge in [-0.3, -0.25) is 9.97 Å². The molecule has 8 aromatic rings. The zero-order valence-corrected chi connectivity index (χ0v) is 28.7. The predicted octanol–water partition coefficient (Wildman–Crippen LogP) is 12.8. The number of hydrogen-bond donors (Lipinski definition) is 0. The largest absolute Gasteiger partial charge is 0.256 e. The normalized spacial score (nSPS) is 12.7. The number of benzene rings is 6. The van der Waals surface area contributed by atoms with Crippen molar-refractivity contribution in [1.29, 1.82) is 0 Å². The topological polar surface area (TPSA) is 25.8 Å². The number of nitrogens with zero attached hydrogens (tertiary/aromatic N) is 2. The quantitative estimate of drug-likeness (QED) is 0.179. The highest BCUT2D eigenvalue weighted by atomic mass is 14.7. The Balaban J connectivity index is 1.02. The van der Waals surface area contributed by atoms with Crippen LogP contribution in [-0.2, 0) is 5.41 Å². The molecule has 6 aromatic carbocycles. The van der Waals surface area contributed by atoms with Crippen LogP contribution in [0.5, 0.6) is 0 Å². The second-order valence-electron chi connectivity index (χ2n) is 13.9. The summed E-state index contributed by atoms with van der Waals surface area (Å²) in [6.45, 7) is 4.67. The molecule has 0 amide bonds. The van der Waals surface area contributed by atoms with E-state index >= 15 is 0 Å². The van der Waals surface area contributed by atoms with Crippen molar-refractivity contribution in [3.63, 3.8) is 0 Å². The van der Waals surface area contributed by atoms with E-state index in [2.05, 4.69) is 184 Å². The lowest BCUT2D eigenvalue weighted by atomic mass is 9.81. The van der Waals surface area contributed by atoms with E-state index < -0.39 is 0 Å². The minimum atomic E-state index is -0.181. The van der Waals surface area contributed by atoms with Gasteiger partial charge in [-0.05, 0) is 115 Å². The van der Waals surface area contributed by atoms with Crippen LogP contribution in [0.15, 0.2) is 182 Å². The predicted molar refractivity (Wildman–Crippen MR) is 212 cm³/mol. The number of rotatable bonds is 6. The van der Waals surface area contributed by atoms with Crippen LogP contribution in [0, 0.1) is 0 Å². The molecule has 0 unspecified atom stereocenters. The number of hydrogen-bond acceptors (Lipinski definition) is 2. The van der Waals surface area contributed by atoms with Crippen molar-refractivity contribution in [2.24, 2.45) is 0 Å². The van der Waals surface area contributed by atoms with Gasteiger partial charge >= 0.3 is 0 Å². The van der Waals surface area contributed by atoms with Gasteiger partial charge in [0.25, 0.3) is 0 Å². The number of aromatic nitrogens is 2. The average molecular weight is 653 g/mol. The summed E-state index contributed by atoms with van der Waals surface area (Å²) in [5.41, 5.74) is 18.8. The van der Waals surface area contributed by atoms with Crippen LogP contribution >= 0.6 is 0 Å². The Bertz CT molecular complexity index is 2370. The Morgan fingerprint density at radius 3 is 1.12 bits per heavy atom. The van der Waals surface area contributed by atoms with Crippen LogP contribution < -0.4 is 0 Å². The third-order valence-electron chi connectivity index (χ3n) is 10.4. The molecule has 0 spiro atoms. The third-order valence-corrected chi connectivity index (χ3v) is 10.4. The summed E-state index contributed by atoms with van der Waals surface area (Å²) in [6, 6.07) is 60.9. The van der Waals surface area contributed by atoms with Gasteiger partial charge < -0.3 is 0 Å². The highest BCUT2D eigenvalue weighted by Crippen LogP contribution is 2.50. The molecule has 9 rings (SSSR count). The molecule has 0 radical (unpaired) electrons. The maximum atomic E-state index is 4.84. The van der Waals surface area contributed by atoms with Crippen LogP contribution in [0.2, 0.25) is 0 Å². The maximum Gasteiger partial charge on any atom is 0.0708 e. The SMILES string of the molecule is CC1(C)c2cc(-c3cc(-c4cccc(-c5ccccc5)c4)ccn3)ccc2-c2ccc(-c3cc(-c4cccc(-c5ccccc5)c4)ccn3)cc21. The first-order chi connectivity index (χ1) is 25.0. The van der Waals surface area contributed by atoms with E-state index in [9.17, 15) is 0 Å². The van der Waals surface area contributed by atoms with Gasteiger partial charge in [-0.15, -0.1) is 0 Å². The Morgan fingerprint density at radius 1 is 0.314 bits per heavy atom. The second kappa shape index (κ2) is 12.5. The van der Waals surface area contributed by atoms with Crippen molar-refractivity contribution in [3.8, 4) is 78.1 Å². The molecule has 2 heterocycles. The maximum absolute atomic E-state index is 4.84. The summed E-state index contributed by atoms with van der Waals surface area (Å²) in [4.78, 5) is 9.68. The highest BCUT2D eigenvalue weighted by Gasteiger charge is 2.36. The van der Waals surface area contributed by atoms with Gasteiger partial charge in [-0.25, -0.2) is 0 Å². The second-order valence-corrected chi connectivity index (χ2v) is 13.9. The van der Waals surface area contributed by atoms with Crippen LogP contribution in [0.3, 0.4) is 0 Å². The Morgan fingerprint density at radius 2 is 0.686 bits per heavy atom. The summed E-state index contributed by atoms with van der Waals surface area (Å²) in [5.74, 6) is 0. The summed E-state index contributed by atoms with van der Waals surface area (Å²) < 4.78 is 0. The molecule has 242 valence electrons. The lowest BCUT2D eigenvalue weighted by molar-refractivity contribution is 0.661. The first-order valence-corrected chi connectivity index (χ1v) is 17.6. The van der Waals surface area contributed by atoms with Gasteiger partial charge in [-0.1, -0.05) is 135 Å². The summed E-state index contributed by atoms with van der Waals surface area (Å²) in [5, 5.41) is 0. The molecule has 0 saturated carbocycles. The van der Waals surface area contributed by atoms with Crippen molar-refractivity contribution in [2.75, 3.05) is 0 Å². The molecule has 0 fully saturated rings. The van der Waals surface area contributed by atoms with Gasteiger partial charge in [0.15, 0.2) is 0 Å². The number of pyridine rings is 2. The fourth-order valence-electron chi connectivity index (χ4n) is 7.61. The fourth-order valence-corrected chi connectivity index (χ4v) is 7.61. The molecule has 1 aliphatic rings. The van der Waals surface area contributed by atoms with Crippen LogP contribution in [-0.4, -0.2) is 9.97 Å². The van der Waals surface area contributed by atoms with Crippen LogP contribution in [0.4, 0.5) is 0 Å². The van der Waals surface area contributed by atoms with Gasteiger partial charge in [0, 0.05) is 28.9 Å². The average Bonchev–Trinajstić information content (AvgIpc) is 3.43. The lowest BCUT2D eigenvalue weighted by Gasteiger charge is -2.22. The Kier molecular flexibility index (Phi) is 7.51. The zero-order valence-electron chi connectivity index (χ0n) is 28.7. The van der Waals surface area contributed by atoms with Crippen LogP contribution in [0.1, 0.15) is 25.0 Å². The monoisotopic (exact) mass is 652 g/mol. The molecule has 0 saturated heterocycles. The van der Waals surface area contributed by atoms with Gasteiger partial charge in [0.2, 0.25) is 0 Å². The van der Waals surface area contributed by atoms with Gasteiger partial charge in [0.05, 0.1) is 11.4 Å². The minimum absolute atomic E-state index is 0.181. The summed E-state index contributed by atoms with van der Waals surface area (Å²) in [6.07, 6.45) is 3.86. The first-order valence-electron chi connectivity index (χ1n) is 17.6. The molecule has 2 aromatic heterocycles. The first kappa shape index (κ1) is 30.7. The third kappa shape index (κ3) is 5.65. The molecule has 0 aliphatic heterocycles. The molecular weight excluding hydrogens is 617 g/mol. The van der Waals surface area contributed by atoms with E-state index in [-0.39, 0.29) is 5.41 Å². The molecule has 0 bridgehead atoms. The van der Waals surface area contributed by atoms with E-state index in [0.29, 0.717) is 0 Å². The minimum Gasteiger partial charge on any atom is -0.256 e. The molecular formula is C49H36N2. The van der Waals surface area contributed by atoms with E-state index in [1.807, 2.05) is 12.4 Å². The Labute approximate surface area is 299 Å². The molecule has 1 aliphatic carbocycles. The molecule has 2 heteroatoms. The van der Waals surface area contributed by atoms with Gasteiger partial charge in [-0.2, -0.15) is 0 Å². The zero-order chi connectivity index (χ0) is 34.4. The van der Waals surface area contributed by atoms with Crippen molar-refractivity contribution in [1.82, 2.24) is 9.97 Å². The van der Waals surface area contributed by atoms with E-state index in [1.165, 1.54) is 55.6 Å². The number of fused-ring (bicyclic) bond motifs is 3. The molecule has 2 nitrogen and oxygen atoms in total. The molecule has 0 N–H and O–H groups in total. The lowest BCUT2D eigenvalue weighted by Crippen LogP contribution is -2.15. The standard InChI is InChI=1S/C49H36N2/c1-49(2)45-29-41(47-31-39(23-25-50-47)37-17-9-15-35(27-37)33-11-5-3-6-12-33)19-21-43(45)44-22-20-42(30-46(44)49)48-32-40(24-26-51-48)38-18-10-16-36(28-38)34-13-7-4-8-14-34/h3-32H,1-2H3. The molecule has 51 heavy (non-hydrogen) atoms. The summed E-state index contributed by atoms with van der Waals surface area (Å²) >= 11 is 0. The van der Waals surface area contributed by atoms with Gasteiger partial charge in [0.1, 0.15) is 0 Å². The van der Waals surface area contributed by atoms with Crippen LogP contribution in [0.25, 0.3) is 78.1 Å². The van der Waals surface area contributed by atoms with E-state index in [4.69, 9.17) is 9.97 Å². The smallest absolute Gasteiger partial charge is 0.0708 e.